The molecule has 2 aromatic carbocycles. The summed E-state index contributed by atoms with van der Waals surface area (Å²) < 4.78 is 0. The number of amides is 1. The van der Waals surface area contributed by atoms with Crippen molar-refractivity contribution < 1.29 is 14.5 Å². The van der Waals surface area contributed by atoms with E-state index in [1.54, 1.807) is 26.0 Å². The molecule has 2 aromatic rings. The molecule has 1 fully saturated rings. The predicted molar refractivity (Wildman–Crippen MR) is 112 cm³/mol. The fourth-order valence-corrected chi connectivity index (χ4v) is 3.36. The molecule has 8 nitrogen and oxygen atoms in total. The van der Waals surface area contributed by atoms with E-state index in [9.17, 15) is 19.7 Å². The van der Waals surface area contributed by atoms with Crippen molar-refractivity contribution in [2.45, 2.75) is 13.8 Å². The van der Waals surface area contributed by atoms with Crippen LogP contribution in [0.1, 0.15) is 22.8 Å². The van der Waals surface area contributed by atoms with E-state index in [2.05, 4.69) is 10.2 Å². The zero-order chi connectivity index (χ0) is 21.0. The summed E-state index contributed by atoms with van der Waals surface area (Å²) in [5.74, 6) is -0.225. The Balaban J connectivity index is 1.54. The highest BCUT2D eigenvalue weighted by atomic mass is 16.6. The lowest BCUT2D eigenvalue weighted by Crippen LogP contribution is -2.48. The number of nitrogens with one attached hydrogen (secondary N) is 1. The van der Waals surface area contributed by atoms with Crippen LogP contribution >= 0.6 is 0 Å². The first kappa shape index (κ1) is 20.5. The average molecular weight is 396 g/mol. The van der Waals surface area contributed by atoms with E-state index in [1.165, 1.54) is 6.07 Å². The second-order valence-electron chi connectivity index (χ2n) is 7.19. The lowest BCUT2D eigenvalue weighted by molar-refractivity contribution is -0.384. The number of rotatable bonds is 6. The molecule has 0 radical (unpaired) electrons. The van der Waals surface area contributed by atoms with Crippen LogP contribution in [0, 0.1) is 17.0 Å². The fourth-order valence-electron chi connectivity index (χ4n) is 3.36. The van der Waals surface area contributed by atoms with Crippen molar-refractivity contribution in [1.82, 2.24) is 4.90 Å². The van der Waals surface area contributed by atoms with Gasteiger partial charge in [0, 0.05) is 43.5 Å². The van der Waals surface area contributed by atoms with Crippen molar-refractivity contribution in [3.63, 3.8) is 0 Å². The Hall–Kier alpha value is -3.26. The summed E-state index contributed by atoms with van der Waals surface area (Å²) in [4.78, 5) is 38.7. The molecule has 0 unspecified atom stereocenters. The third kappa shape index (κ3) is 5.17. The van der Waals surface area contributed by atoms with Gasteiger partial charge < -0.3 is 10.2 Å². The van der Waals surface area contributed by atoms with E-state index < -0.39 is 4.92 Å². The van der Waals surface area contributed by atoms with E-state index in [4.69, 9.17) is 0 Å². The van der Waals surface area contributed by atoms with Gasteiger partial charge in [-0.3, -0.25) is 24.6 Å². The molecule has 1 aliphatic heterocycles. The molecule has 0 spiro atoms. The normalized spacial score (nSPS) is 14.5. The molecular weight excluding hydrogens is 372 g/mol. The van der Waals surface area contributed by atoms with E-state index in [0.717, 1.165) is 24.3 Å². The van der Waals surface area contributed by atoms with Crippen molar-refractivity contribution >= 4 is 28.8 Å². The molecule has 1 aliphatic rings. The number of nitrogens with zero attached hydrogens (tertiary/aromatic N) is 3. The number of ketones is 1. The number of carbonyl (C=O) groups is 2. The van der Waals surface area contributed by atoms with Crippen LogP contribution < -0.4 is 10.2 Å². The van der Waals surface area contributed by atoms with Gasteiger partial charge in [-0.15, -0.1) is 0 Å². The molecule has 0 aromatic heterocycles. The predicted octanol–water partition coefficient (Wildman–Crippen LogP) is 2.87. The van der Waals surface area contributed by atoms with Gasteiger partial charge in [-0.1, -0.05) is 6.07 Å². The summed E-state index contributed by atoms with van der Waals surface area (Å²) in [7, 11) is 0. The SMILES string of the molecule is CC(=O)c1ccc(N2CCN(CC(=O)Nc3ccc(C)cc3[N+](=O)[O-])CC2)cc1. The quantitative estimate of drug-likeness (QED) is 0.458. The lowest BCUT2D eigenvalue weighted by Gasteiger charge is -2.35. The second kappa shape index (κ2) is 8.83. The van der Waals surface area contributed by atoms with Gasteiger partial charge in [-0.2, -0.15) is 0 Å². The largest absolute Gasteiger partial charge is 0.369 e. The van der Waals surface area contributed by atoms with Gasteiger partial charge in [-0.25, -0.2) is 0 Å². The summed E-state index contributed by atoms with van der Waals surface area (Å²) in [5.41, 5.74) is 2.62. The highest BCUT2D eigenvalue weighted by molar-refractivity contribution is 5.95. The molecule has 0 aliphatic carbocycles. The molecule has 0 saturated carbocycles. The number of hydrogen-bond donors (Lipinski definition) is 1. The Labute approximate surface area is 169 Å². The van der Waals surface area contributed by atoms with Crippen LogP contribution in [0.15, 0.2) is 42.5 Å². The van der Waals surface area contributed by atoms with Crippen LogP contribution in [0.5, 0.6) is 0 Å². The number of aryl methyl sites for hydroxylation is 1. The first-order chi connectivity index (χ1) is 13.8. The Kier molecular flexibility index (Phi) is 6.23. The Morgan fingerprint density at radius 2 is 1.72 bits per heavy atom. The second-order valence-corrected chi connectivity index (χ2v) is 7.19. The van der Waals surface area contributed by atoms with Gasteiger partial charge in [-0.05, 0) is 49.7 Å². The number of hydrogen-bond acceptors (Lipinski definition) is 6. The molecule has 0 bridgehead atoms. The van der Waals surface area contributed by atoms with Crippen molar-refractivity contribution in [1.29, 1.82) is 0 Å². The number of nitro groups is 1. The number of benzene rings is 2. The third-order valence-electron chi connectivity index (χ3n) is 5.00. The molecular formula is C21H24N4O4. The summed E-state index contributed by atoms with van der Waals surface area (Å²) in [5, 5.41) is 13.9. The molecule has 3 rings (SSSR count). The minimum absolute atomic E-state index is 0.0428. The maximum absolute atomic E-state index is 12.4. The number of nitro benzene ring substituents is 1. The number of Topliss-reactive ketones (excluding diaryl/α,β-unsaturated/α-hetero) is 1. The van der Waals surface area contributed by atoms with Crippen molar-refractivity contribution in [2.75, 3.05) is 42.9 Å². The monoisotopic (exact) mass is 396 g/mol. The third-order valence-corrected chi connectivity index (χ3v) is 5.00. The van der Waals surface area contributed by atoms with E-state index >= 15 is 0 Å². The van der Waals surface area contributed by atoms with Crippen LogP contribution in [0.4, 0.5) is 17.1 Å². The summed E-state index contributed by atoms with van der Waals surface area (Å²) >= 11 is 0. The van der Waals surface area contributed by atoms with Crippen LogP contribution in [0.25, 0.3) is 0 Å². The standard InChI is InChI=1S/C21H24N4O4/c1-15-3-8-19(20(13-15)25(28)29)22-21(27)14-23-9-11-24(12-10-23)18-6-4-17(5-7-18)16(2)26/h3-8,13H,9-12,14H2,1-2H3,(H,22,27). The first-order valence-corrected chi connectivity index (χ1v) is 9.46. The van der Waals surface area contributed by atoms with Gasteiger partial charge >= 0.3 is 0 Å². The number of carbonyl (C=O) groups excluding carboxylic acids is 2. The smallest absolute Gasteiger partial charge is 0.293 e. The zero-order valence-corrected chi connectivity index (χ0v) is 16.6. The zero-order valence-electron chi connectivity index (χ0n) is 16.6. The highest BCUT2D eigenvalue weighted by Gasteiger charge is 2.21. The Morgan fingerprint density at radius 1 is 1.07 bits per heavy atom. The summed E-state index contributed by atoms with van der Waals surface area (Å²) in [6.07, 6.45) is 0. The average Bonchev–Trinajstić information content (AvgIpc) is 2.70. The molecule has 1 amide bonds. The van der Waals surface area contributed by atoms with Gasteiger partial charge in [0.1, 0.15) is 5.69 Å². The van der Waals surface area contributed by atoms with E-state index in [-0.39, 0.29) is 29.6 Å². The van der Waals surface area contributed by atoms with Crippen LogP contribution in [-0.2, 0) is 4.79 Å². The van der Waals surface area contributed by atoms with Gasteiger partial charge in [0.25, 0.3) is 5.69 Å². The van der Waals surface area contributed by atoms with Crippen LogP contribution in [0.3, 0.4) is 0 Å². The Morgan fingerprint density at radius 3 is 2.31 bits per heavy atom. The van der Waals surface area contributed by atoms with Gasteiger partial charge in [0.2, 0.25) is 5.91 Å². The van der Waals surface area contributed by atoms with E-state index in [0.29, 0.717) is 18.7 Å². The molecule has 1 saturated heterocycles. The highest BCUT2D eigenvalue weighted by Crippen LogP contribution is 2.25. The topological polar surface area (TPSA) is 95.8 Å². The first-order valence-electron chi connectivity index (χ1n) is 9.46. The molecule has 152 valence electrons. The van der Waals surface area contributed by atoms with Crippen LogP contribution in [-0.4, -0.2) is 54.2 Å². The Bertz CT molecular complexity index is 919. The van der Waals surface area contributed by atoms with Crippen LogP contribution in [0.2, 0.25) is 0 Å². The molecule has 1 heterocycles. The fraction of sp³-hybridized carbons (Fsp3) is 0.333. The number of piperazine rings is 1. The maximum atomic E-state index is 12.4. The molecule has 29 heavy (non-hydrogen) atoms. The molecule has 1 N–H and O–H groups in total. The van der Waals surface area contributed by atoms with Gasteiger partial charge in [0.05, 0.1) is 11.5 Å². The van der Waals surface area contributed by atoms with Crippen molar-refractivity contribution in [2.24, 2.45) is 0 Å². The molecule has 8 heteroatoms. The lowest BCUT2D eigenvalue weighted by atomic mass is 10.1. The minimum Gasteiger partial charge on any atom is -0.369 e. The number of anilines is 2. The molecule has 0 atom stereocenters. The minimum atomic E-state index is -0.487. The summed E-state index contributed by atoms with van der Waals surface area (Å²) in [6, 6.07) is 12.3. The van der Waals surface area contributed by atoms with Crippen molar-refractivity contribution in [3.8, 4) is 0 Å². The van der Waals surface area contributed by atoms with Gasteiger partial charge in [0.15, 0.2) is 5.78 Å². The summed E-state index contributed by atoms with van der Waals surface area (Å²) in [6.45, 7) is 6.43. The van der Waals surface area contributed by atoms with Crippen molar-refractivity contribution in [3.05, 3.63) is 63.7 Å². The van der Waals surface area contributed by atoms with E-state index in [1.807, 2.05) is 29.2 Å². The maximum Gasteiger partial charge on any atom is 0.293 e.